The Bertz CT molecular complexity index is 1230. The topological polar surface area (TPSA) is 117 Å². The number of fused-ring (bicyclic) bond motifs is 1. The third-order valence-corrected chi connectivity index (χ3v) is 7.77. The van der Waals surface area contributed by atoms with Gasteiger partial charge in [-0.25, -0.2) is 17.7 Å². The highest BCUT2D eigenvalue weighted by molar-refractivity contribution is 7.88. The third-order valence-electron chi connectivity index (χ3n) is 6.57. The zero-order valence-corrected chi connectivity index (χ0v) is 19.4. The third kappa shape index (κ3) is 4.49. The molecule has 0 unspecified atom stereocenters. The number of hydrogen-bond donors (Lipinski definition) is 2. The molecule has 2 fully saturated rings. The largest absolute Gasteiger partial charge is 0.388 e. The molecule has 8 radical (unpaired) electrons. The van der Waals surface area contributed by atoms with Gasteiger partial charge in [-0.1, -0.05) is 10.4 Å². The number of pyridine rings is 1. The first-order valence-corrected chi connectivity index (χ1v) is 12.4. The van der Waals surface area contributed by atoms with E-state index in [1.165, 1.54) is 16.8 Å². The number of anilines is 1. The van der Waals surface area contributed by atoms with Crippen LogP contribution in [0.25, 0.3) is 11.0 Å². The van der Waals surface area contributed by atoms with Crippen LogP contribution in [0.2, 0.25) is 10.4 Å². The molecule has 1 aliphatic heterocycles. The summed E-state index contributed by atoms with van der Waals surface area (Å²) < 4.78 is 26.6. The second kappa shape index (κ2) is 7.88. The van der Waals surface area contributed by atoms with E-state index < -0.39 is 38.1 Å². The molecule has 33 heavy (non-hydrogen) atoms. The van der Waals surface area contributed by atoms with Crippen molar-refractivity contribution in [3.05, 3.63) is 28.7 Å². The second-order valence-corrected chi connectivity index (χ2v) is 11.6. The van der Waals surface area contributed by atoms with Crippen LogP contribution in [0.1, 0.15) is 32.2 Å². The van der Waals surface area contributed by atoms with Gasteiger partial charge in [-0.2, -0.15) is 4.98 Å². The monoisotopic (exact) mass is 461 g/mol. The zero-order chi connectivity index (χ0) is 24.4. The number of aromatic nitrogens is 3. The second-order valence-electron chi connectivity index (χ2n) is 9.61. The van der Waals surface area contributed by atoms with Crippen LogP contribution in [-0.4, -0.2) is 94.7 Å². The van der Waals surface area contributed by atoms with Crippen LogP contribution in [0.4, 0.5) is 5.95 Å². The number of sulfonamides is 1. The maximum atomic E-state index is 12.8. The minimum Gasteiger partial charge on any atom is -0.388 e. The molecule has 1 aliphatic carbocycles. The molecule has 4 rings (SSSR count). The molecule has 0 bridgehead atoms. The highest BCUT2D eigenvalue weighted by Gasteiger charge is 2.47. The van der Waals surface area contributed by atoms with Crippen LogP contribution < -0.4 is 10.9 Å². The summed E-state index contributed by atoms with van der Waals surface area (Å²) in [6, 6.07) is 1.59. The van der Waals surface area contributed by atoms with Crippen LogP contribution in [0.15, 0.2) is 23.1 Å². The van der Waals surface area contributed by atoms with Crippen molar-refractivity contribution in [1.82, 2.24) is 18.8 Å². The van der Waals surface area contributed by atoms with Crippen molar-refractivity contribution >= 4 is 58.4 Å². The predicted octanol–water partition coefficient (Wildman–Crippen LogP) is -0.770. The summed E-state index contributed by atoms with van der Waals surface area (Å²) in [5.41, 5.74) is -1.01. The Hall–Kier alpha value is -1.78. The Morgan fingerprint density at radius 1 is 1.18 bits per heavy atom. The summed E-state index contributed by atoms with van der Waals surface area (Å²) in [5, 5.41) is 11.1. The van der Waals surface area contributed by atoms with E-state index in [0.29, 0.717) is 23.9 Å². The fourth-order valence-corrected chi connectivity index (χ4v) is 5.85. The van der Waals surface area contributed by atoms with E-state index in [-0.39, 0.29) is 24.6 Å². The molecule has 0 aromatic carbocycles. The van der Waals surface area contributed by atoms with Crippen LogP contribution in [0, 0.1) is 0 Å². The number of hydrogen-bond acceptors (Lipinski definition) is 7. The number of nitrogens with one attached hydrogen (secondary N) is 1. The first-order valence-electron chi connectivity index (χ1n) is 10.6. The van der Waals surface area contributed by atoms with E-state index in [4.69, 9.17) is 31.4 Å². The Labute approximate surface area is 198 Å². The summed E-state index contributed by atoms with van der Waals surface area (Å²) in [4.78, 5) is 21.6. The minimum atomic E-state index is -3.63. The van der Waals surface area contributed by atoms with E-state index in [1.54, 1.807) is 13.0 Å². The average Bonchev–Trinajstić information content (AvgIpc) is 3.02. The fourth-order valence-electron chi connectivity index (χ4n) is 4.93. The number of aliphatic hydroxyl groups is 1. The van der Waals surface area contributed by atoms with Crippen LogP contribution >= 0.6 is 0 Å². The van der Waals surface area contributed by atoms with Crippen LogP contribution in [0.5, 0.6) is 0 Å². The quantitative estimate of drug-likeness (QED) is 0.575. The summed E-state index contributed by atoms with van der Waals surface area (Å²) in [5.74, 6) is 0.0674. The standard InChI is InChI=1S/C19H23B4N5O4S/c1-17(30)7-3-4-12(17)28-13(29)6-5-11-8-24-16(25-14(11)28)26-15-18(20,21)9-27(33(2,31)32)10-19(15,22)23/h5-6,8,12,15,30H,3-4,7,9-10H2,1-2H3,(H,24,25,26)/t12-,17-/m1/s1. The average molecular weight is 461 g/mol. The smallest absolute Gasteiger partial charge is 0.252 e. The Morgan fingerprint density at radius 2 is 1.82 bits per heavy atom. The highest BCUT2D eigenvalue weighted by Crippen LogP contribution is 2.44. The summed E-state index contributed by atoms with van der Waals surface area (Å²) in [7, 11) is 21.3. The van der Waals surface area contributed by atoms with Crippen molar-refractivity contribution in [2.24, 2.45) is 0 Å². The Balaban J connectivity index is 1.74. The van der Waals surface area contributed by atoms with Crippen molar-refractivity contribution < 1.29 is 13.5 Å². The van der Waals surface area contributed by atoms with Crippen LogP contribution in [-0.2, 0) is 10.0 Å². The minimum absolute atomic E-state index is 0.0674. The molecule has 9 nitrogen and oxygen atoms in total. The molecule has 1 saturated carbocycles. The van der Waals surface area contributed by atoms with Crippen LogP contribution in [0.3, 0.4) is 0 Å². The first kappa shape index (κ1) is 24.3. The van der Waals surface area contributed by atoms with Gasteiger partial charge >= 0.3 is 0 Å². The van der Waals surface area contributed by atoms with Crippen molar-refractivity contribution in [3.63, 3.8) is 0 Å². The lowest BCUT2D eigenvalue weighted by molar-refractivity contribution is 0.0267. The molecule has 2 aromatic heterocycles. The van der Waals surface area contributed by atoms with Gasteiger partial charge < -0.3 is 10.4 Å². The molecule has 2 aromatic rings. The molecule has 0 spiro atoms. The van der Waals surface area contributed by atoms with Crippen molar-refractivity contribution in [2.45, 2.75) is 54.3 Å². The van der Waals surface area contributed by atoms with Gasteiger partial charge in [0.05, 0.1) is 49.3 Å². The molecule has 0 amide bonds. The van der Waals surface area contributed by atoms with Crippen molar-refractivity contribution in [3.8, 4) is 0 Å². The molecule has 166 valence electrons. The predicted molar refractivity (Wildman–Crippen MR) is 130 cm³/mol. The Morgan fingerprint density at radius 3 is 2.36 bits per heavy atom. The summed E-state index contributed by atoms with van der Waals surface area (Å²) in [6.45, 7) is 1.27. The lowest BCUT2D eigenvalue weighted by Gasteiger charge is -2.54. The molecule has 14 heteroatoms. The molecule has 2 atom stereocenters. The SMILES string of the molecule is [B]C1([B])CN(S(C)(=O)=O)CC([B])([B])C1Nc1ncc2ccc(=O)n([C@@H]3CCC[C@@]3(C)O)c2n1. The van der Waals surface area contributed by atoms with Gasteiger partial charge in [0, 0.05) is 36.8 Å². The fraction of sp³-hybridized carbons (Fsp3) is 0.632. The van der Waals surface area contributed by atoms with E-state index in [0.717, 1.165) is 17.0 Å². The molecule has 1 saturated heterocycles. The molecule has 3 heterocycles. The maximum Gasteiger partial charge on any atom is 0.252 e. The van der Waals surface area contributed by atoms with Crippen molar-refractivity contribution in [2.75, 3.05) is 24.7 Å². The van der Waals surface area contributed by atoms with E-state index in [1.807, 2.05) is 0 Å². The van der Waals surface area contributed by atoms with Gasteiger partial charge in [0.1, 0.15) is 5.65 Å². The number of nitrogens with zero attached hydrogens (tertiary/aromatic N) is 4. The molecule has 2 aliphatic rings. The van der Waals surface area contributed by atoms with Gasteiger partial charge in [0.25, 0.3) is 5.56 Å². The van der Waals surface area contributed by atoms with Gasteiger partial charge in [-0.15, -0.1) is 0 Å². The number of rotatable bonds is 4. The van der Waals surface area contributed by atoms with E-state index in [9.17, 15) is 18.3 Å². The summed E-state index contributed by atoms with van der Waals surface area (Å²) in [6.07, 6.45) is 4.53. The molecular weight excluding hydrogens is 438 g/mol. The maximum absolute atomic E-state index is 12.8. The molecule has 2 N–H and O–H groups in total. The first-order chi connectivity index (χ1) is 15.1. The number of piperidine rings is 1. The highest BCUT2D eigenvalue weighted by atomic mass is 32.2. The van der Waals surface area contributed by atoms with Crippen molar-refractivity contribution in [1.29, 1.82) is 0 Å². The van der Waals surface area contributed by atoms with E-state index >= 15 is 0 Å². The summed E-state index contributed by atoms with van der Waals surface area (Å²) >= 11 is 0. The lowest BCUT2D eigenvalue weighted by atomic mass is 9.36. The lowest BCUT2D eigenvalue weighted by Crippen LogP contribution is -2.60. The van der Waals surface area contributed by atoms with Gasteiger partial charge in [-0.05, 0) is 32.3 Å². The normalized spacial score (nSPS) is 28.2. The van der Waals surface area contributed by atoms with Gasteiger partial charge in [0.15, 0.2) is 0 Å². The van der Waals surface area contributed by atoms with E-state index in [2.05, 4.69) is 15.3 Å². The Kier molecular flexibility index (Phi) is 5.81. The molecular formula is C19H23B4N5O4S. The zero-order valence-electron chi connectivity index (χ0n) is 18.6. The van der Waals surface area contributed by atoms with Gasteiger partial charge in [-0.3, -0.25) is 9.36 Å². The van der Waals surface area contributed by atoms with Gasteiger partial charge in [0.2, 0.25) is 16.0 Å².